The molecular formula is C12H10BrF3N2O4. The second-order valence-corrected chi connectivity index (χ2v) is 5.72. The topological polar surface area (TPSA) is 90.5 Å². The zero-order chi connectivity index (χ0) is 16.7. The Hall–Kier alpha value is -1.84. The van der Waals surface area contributed by atoms with Crippen molar-refractivity contribution < 1.29 is 27.9 Å². The Morgan fingerprint density at radius 2 is 2.00 bits per heavy atom. The number of alkyl halides is 3. The van der Waals surface area contributed by atoms with E-state index in [4.69, 9.17) is 5.11 Å². The van der Waals surface area contributed by atoms with Gasteiger partial charge in [-0.3, -0.25) is 14.4 Å². The third kappa shape index (κ3) is 3.16. The number of carboxylic acids is 1. The van der Waals surface area contributed by atoms with Crippen molar-refractivity contribution in [2.45, 2.75) is 6.18 Å². The van der Waals surface area contributed by atoms with Crippen LogP contribution in [0.4, 0.5) is 13.2 Å². The summed E-state index contributed by atoms with van der Waals surface area (Å²) in [5.74, 6) is -6.18. The Bertz CT molecular complexity index is 673. The smallest absolute Gasteiger partial charge is 0.394 e. The Morgan fingerprint density at radius 3 is 2.45 bits per heavy atom. The van der Waals surface area contributed by atoms with Crippen LogP contribution in [0.25, 0.3) is 0 Å². The van der Waals surface area contributed by atoms with Crippen LogP contribution in [0.15, 0.2) is 21.5 Å². The predicted octanol–water partition coefficient (Wildman–Crippen LogP) is 1.47. The van der Waals surface area contributed by atoms with Crippen molar-refractivity contribution >= 4 is 27.8 Å². The quantitative estimate of drug-likeness (QED) is 0.810. The highest BCUT2D eigenvalue weighted by molar-refractivity contribution is 9.10. The zero-order valence-electron chi connectivity index (χ0n) is 10.9. The van der Waals surface area contributed by atoms with Crippen LogP contribution in [0, 0.1) is 11.8 Å². The highest BCUT2D eigenvalue weighted by atomic mass is 79.9. The average Bonchev–Trinajstić information content (AvgIpc) is 2.86. The normalized spacial score (nSPS) is 21.9. The van der Waals surface area contributed by atoms with Gasteiger partial charge >= 0.3 is 12.1 Å². The van der Waals surface area contributed by atoms with Crippen LogP contribution in [0.5, 0.6) is 0 Å². The summed E-state index contributed by atoms with van der Waals surface area (Å²) in [7, 11) is 0. The first-order valence-corrected chi connectivity index (χ1v) is 6.87. The fourth-order valence-corrected chi connectivity index (χ4v) is 2.67. The number of carbonyl (C=O) groups excluding carboxylic acids is 1. The van der Waals surface area contributed by atoms with Crippen molar-refractivity contribution in [1.29, 1.82) is 0 Å². The lowest BCUT2D eigenvalue weighted by molar-refractivity contribution is -0.187. The first kappa shape index (κ1) is 16.5. The Morgan fingerprint density at radius 1 is 1.36 bits per heavy atom. The standard InChI is InChI=1S/C12H10BrF3N2O4/c13-8-1-5(2-17-9(8)19)10(20)18-3-6(11(21)22)7(4-18)12(14,15)16/h1-2,6-7H,3-4H2,(H,17,19)(H,21,22)/t6-,7-/m1/s1. The number of amides is 1. The minimum Gasteiger partial charge on any atom is -0.481 e. The molecule has 6 nitrogen and oxygen atoms in total. The molecular weight excluding hydrogens is 373 g/mol. The number of hydrogen-bond donors (Lipinski definition) is 2. The second kappa shape index (κ2) is 5.75. The van der Waals surface area contributed by atoms with Crippen molar-refractivity contribution in [1.82, 2.24) is 9.88 Å². The van der Waals surface area contributed by atoms with Crippen molar-refractivity contribution in [2.24, 2.45) is 11.8 Å². The summed E-state index contributed by atoms with van der Waals surface area (Å²) in [5.41, 5.74) is -0.520. The molecule has 1 amide bonds. The molecule has 120 valence electrons. The molecule has 22 heavy (non-hydrogen) atoms. The lowest BCUT2D eigenvalue weighted by atomic mass is 9.96. The van der Waals surface area contributed by atoms with E-state index in [1.54, 1.807) is 0 Å². The fraction of sp³-hybridized carbons (Fsp3) is 0.417. The molecule has 0 bridgehead atoms. The number of nitrogens with zero attached hydrogens (tertiary/aromatic N) is 1. The van der Waals surface area contributed by atoms with E-state index >= 15 is 0 Å². The first-order chi connectivity index (χ1) is 10.1. The third-order valence-electron chi connectivity index (χ3n) is 3.45. The number of H-pyrrole nitrogens is 1. The molecule has 0 unspecified atom stereocenters. The molecule has 1 aliphatic rings. The van der Waals surface area contributed by atoms with Gasteiger partial charge in [-0.25, -0.2) is 0 Å². The number of nitrogens with one attached hydrogen (secondary N) is 1. The molecule has 2 N–H and O–H groups in total. The molecule has 10 heteroatoms. The Balaban J connectivity index is 2.26. The number of aromatic amines is 1. The number of carboxylic acid groups (broad SMARTS) is 1. The molecule has 0 saturated carbocycles. The van der Waals surface area contributed by atoms with E-state index in [1.165, 1.54) is 6.07 Å². The molecule has 1 aromatic heterocycles. The molecule has 1 fully saturated rings. The summed E-state index contributed by atoms with van der Waals surface area (Å²) < 4.78 is 38.7. The van der Waals surface area contributed by atoms with E-state index in [9.17, 15) is 27.6 Å². The van der Waals surface area contributed by atoms with E-state index in [0.717, 1.165) is 11.1 Å². The molecule has 0 spiro atoms. The average molecular weight is 383 g/mol. The molecule has 1 aromatic rings. The number of carbonyl (C=O) groups is 2. The second-order valence-electron chi connectivity index (χ2n) is 4.87. The Labute approximate surface area is 130 Å². The van der Waals surface area contributed by atoms with Gasteiger partial charge in [0.15, 0.2) is 0 Å². The molecule has 2 rings (SSSR count). The van der Waals surface area contributed by atoms with Crippen LogP contribution in [0.1, 0.15) is 10.4 Å². The van der Waals surface area contributed by atoms with Gasteiger partial charge in [-0.1, -0.05) is 0 Å². The fourth-order valence-electron chi connectivity index (χ4n) is 2.31. The number of aromatic nitrogens is 1. The van der Waals surface area contributed by atoms with Gasteiger partial charge in [0.05, 0.1) is 21.9 Å². The summed E-state index contributed by atoms with van der Waals surface area (Å²) in [6.07, 6.45) is -3.63. The molecule has 1 saturated heterocycles. The summed E-state index contributed by atoms with van der Waals surface area (Å²) in [4.78, 5) is 37.4. The first-order valence-electron chi connectivity index (χ1n) is 6.08. The lowest BCUT2D eigenvalue weighted by Gasteiger charge is -2.18. The van der Waals surface area contributed by atoms with Gasteiger partial charge < -0.3 is 15.0 Å². The molecule has 0 radical (unpaired) electrons. The van der Waals surface area contributed by atoms with Gasteiger partial charge in [0.2, 0.25) is 0 Å². The minimum atomic E-state index is -4.70. The van der Waals surface area contributed by atoms with E-state index in [-0.39, 0.29) is 10.0 Å². The highest BCUT2D eigenvalue weighted by Gasteiger charge is 2.53. The van der Waals surface area contributed by atoms with Gasteiger partial charge in [-0.15, -0.1) is 0 Å². The van der Waals surface area contributed by atoms with E-state index in [1.807, 2.05) is 0 Å². The highest BCUT2D eigenvalue weighted by Crippen LogP contribution is 2.38. The number of hydrogen-bond acceptors (Lipinski definition) is 3. The number of likely N-dealkylation sites (tertiary alicyclic amines) is 1. The zero-order valence-corrected chi connectivity index (χ0v) is 12.4. The summed E-state index contributed by atoms with van der Waals surface area (Å²) >= 11 is 2.91. The number of pyridine rings is 1. The largest absolute Gasteiger partial charge is 0.481 e. The van der Waals surface area contributed by atoms with Crippen LogP contribution in [-0.2, 0) is 4.79 Å². The number of halogens is 4. The van der Waals surface area contributed by atoms with Crippen LogP contribution in [0.3, 0.4) is 0 Å². The third-order valence-corrected chi connectivity index (χ3v) is 4.04. The van der Waals surface area contributed by atoms with Gasteiger partial charge in [0.1, 0.15) is 0 Å². The molecule has 2 heterocycles. The van der Waals surface area contributed by atoms with E-state index in [0.29, 0.717) is 0 Å². The molecule has 0 aliphatic carbocycles. The lowest BCUT2D eigenvalue weighted by Crippen LogP contribution is -2.34. The van der Waals surface area contributed by atoms with Crippen molar-refractivity contribution in [3.8, 4) is 0 Å². The van der Waals surface area contributed by atoms with Gasteiger partial charge in [0, 0.05) is 19.3 Å². The Kier molecular flexibility index (Phi) is 4.32. The van der Waals surface area contributed by atoms with E-state index in [2.05, 4.69) is 20.9 Å². The maximum atomic E-state index is 12.9. The SMILES string of the molecule is O=C(O)[C@@H]1CN(C(=O)c2c[nH]c(=O)c(Br)c2)C[C@H]1C(F)(F)F. The van der Waals surface area contributed by atoms with Crippen LogP contribution >= 0.6 is 15.9 Å². The van der Waals surface area contributed by atoms with Gasteiger partial charge in [0.25, 0.3) is 11.5 Å². The molecule has 0 aromatic carbocycles. The summed E-state index contributed by atoms with van der Waals surface area (Å²) in [5, 5.41) is 8.90. The summed E-state index contributed by atoms with van der Waals surface area (Å²) in [6, 6.07) is 1.18. The summed E-state index contributed by atoms with van der Waals surface area (Å²) in [6.45, 7) is -1.26. The maximum absolute atomic E-state index is 12.9. The van der Waals surface area contributed by atoms with Gasteiger partial charge in [-0.05, 0) is 22.0 Å². The minimum absolute atomic E-state index is 0.0292. The maximum Gasteiger partial charge on any atom is 0.394 e. The molecule has 2 atom stereocenters. The van der Waals surface area contributed by atoms with E-state index < -0.39 is 48.5 Å². The van der Waals surface area contributed by atoms with Crippen LogP contribution < -0.4 is 5.56 Å². The van der Waals surface area contributed by atoms with Crippen molar-refractivity contribution in [3.63, 3.8) is 0 Å². The van der Waals surface area contributed by atoms with Crippen LogP contribution in [0.2, 0.25) is 0 Å². The van der Waals surface area contributed by atoms with Crippen molar-refractivity contribution in [2.75, 3.05) is 13.1 Å². The monoisotopic (exact) mass is 382 g/mol. The van der Waals surface area contributed by atoms with Crippen LogP contribution in [-0.4, -0.2) is 46.1 Å². The molecule has 1 aliphatic heterocycles. The number of rotatable bonds is 2. The number of aliphatic carboxylic acids is 1. The predicted molar refractivity (Wildman–Crippen MR) is 71.3 cm³/mol. The van der Waals surface area contributed by atoms with Gasteiger partial charge in [-0.2, -0.15) is 13.2 Å². The van der Waals surface area contributed by atoms with Crippen molar-refractivity contribution in [3.05, 3.63) is 32.7 Å².